The Bertz CT molecular complexity index is 514. The van der Waals surface area contributed by atoms with Gasteiger partial charge in [0.05, 0.1) is 23.6 Å². The van der Waals surface area contributed by atoms with E-state index in [0.29, 0.717) is 0 Å². The molecule has 1 rings (SSSR count). The summed E-state index contributed by atoms with van der Waals surface area (Å²) in [6.07, 6.45) is -0.276. The van der Waals surface area contributed by atoms with Gasteiger partial charge in [-0.25, -0.2) is 0 Å². The van der Waals surface area contributed by atoms with Crippen molar-refractivity contribution in [1.29, 1.82) is 5.26 Å². The highest BCUT2D eigenvalue weighted by Gasteiger charge is 2.16. The van der Waals surface area contributed by atoms with E-state index in [1.165, 1.54) is 6.07 Å². The molecule has 0 aliphatic carbocycles. The summed E-state index contributed by atoms with van der Waals surface area (Å²) in [6, 6.07) is 4.11. The monoisotopic (exact) mass is 289 g/mol. The van der Waals surface area contributed by atoms with Gasteiger partial charge in [-0.05, 0) is 13.0 Å². The summed E-state index contributed by atoms with van der Waals surface area (Å²) in [4.78, 5) is 11.4. The maximum absolute atomic E-state index is 12.3. The molecule has 102 valence electrons. The highest BCUT2D eigenvalue weighted by molar-refractivity contribution is 6.31. The number of carbonyl (C=O) groups excluding carboxylic acids is 1. The van der Waals surface area contributed by atoms with E-state index in [1.807, 2.05) is 0 Å². The van der Waals surface area contributed by atoms with Crippen LogP contribution in [0.5, 0.6) is 5.75 Å². The Labute approximate surface area is 113 Å². The normalized spacial score (nSPS) is 10.1. The number of hydrogen-bond acceptors (Lipinski definition) is 4. The summed E-state index contributed by atoms with van der Waals surface area (Å²) < 4.78 is 33.5. The minimum absolute atomic E-state index is 0.0224. The molecule has 0 atom stereocenters. The molecule has 0 N–H and O–H groups in total. The zero-order valence-electron chi connectivity index (χ0n) is 9.95. The van der Waals surface area contributed by atoms with Gasteiger partial charge in [-0.1, -0.05) is 11.6 Å². The van der Waals surface area contributed by atoms with E-state index >= 15 is 0 Å². The van der Waals surface area contributed by atoms with Crippen LogP contribution in [0.2, 0.25) is 5.02 Å². The number of benzene rings is 1. The maximum Gasteiger partial charge on any atom is 0.387 e. The molecule has 0 bridgehead atoms. The molecule has 0 unspecified atom stereocenters. The first-order valence-electron chi connectivity index (χ1n) is 5.30. The second kappa shape index (κ2) is 6.90. The molecule has 0 aliphatic heterocycles. The van der Waals surface area contributed by atoms with Gasteiger partial charge in [0.25, 0.3) is 0 Å². The van der Waals surface area contributed by atoms with Crippen LogP contribution >= 0.6 is 11.6 Å². The van der Waals surface area contributed by atoms with Crippen molar-refractivity contribution in [3.8, 4) is 11.8 Å². The van der Waals surface area contributed by atoms with Crippen LogP contribution in [0.4, 0.5) is 8.78 Å². The first kappa shape index (κ1) is 15.2. The Kier molecular flexibility index (Phi) is 5.52. The van der Waals surface area contributed by atoms with Gasteiger partial charge in [0.1, 0.15) is 11.8 Å². The lowest BCUT2D eigenvalue weighted by molar-refractivity contribution is -0.142. The second-order valence-electron chi connectivity index (χ2n) is 3.41. The molecular weight excluding hydrogens is 280 g/mol. The Morgan fingerprint density at radius 3 is 2.74 bits per heavy atom. The molecule has 19 heavy (non-hydrogen) atoms. The molecule has 0 fully saturated rings. The van der Waals surface area contributed by atoms with Gasteiger partial charge in [0.2, 0.25) is 0 Å². The summed E-state index contributed by atoms with van der Waals surface area (Å²) in [5, 5.41) is 8.79. The predicted molar refractivity (Wildman–Crippen MR) is 63.1 cm³/mol. The number of esters is 1. The molecule has 0 amide bonds. The topological polar surface area (TPSA) is 59.3 Å². The lowest BCUT2D eigenvalue weighted by atomic mass is 10.1. The molecule has 0 saturated carbocycles. The van der Waals surface area contributed by atoms with E-state index in [-0.39, 0.29) is 34.9 Å². The Balaban J connectivity index is 3.10. The van der Waals surface area contributed by atoms with Gasteiger partial charge >= 0.3 is 12.6 Å². The van der Waals surface area contributed by atoms with Crippen LogP contribution in [0, 0.1) is 11.3 Å². The molecule has 7 heteroatoms. The van der Waals surface area contributed by atoms with Gasteiger partial charge < -0.3 is 9.47 Å². The largest absolute Gasteiger partial charge is 0.466 e. The van der Waals surface area contributed by atoms with Gasteiger partial charge in [0.15, 0.2) is 0 Å². The van der Waals surface area contributed by atoms with Gasteiger partial charge in [-0.15, -0.1) is 0 Å². The predicted octanol–water partition coefficient (Wildman–Crippen LogP) is 2.92. The Morgan fingerprint density at radius 1 is 1.53 bits per heavy atom. The fraction of sp³-hybridized carbons (Fsp3) is 0.333. The molecule has 0 aliphatic rings. The standard InChI is InChI=1S/C12H10ClF2NO3/c1-2-18-11(17)4-7-3-8(6-16)9(13)5-10(7)19-12(14)15/h3,5,12H,2,4H2,1H3. The van der Waals surface area contributed by atoms with Crippen molar-refractivity contribution >= 4 is 17.6 Å². The highest BCUT2D eigenvalue weighted by atomic mass is 35.5. The van der Waals surface area contributed by atoms with Crippen LogP contribution in [-0.4, -0.2) is 19.2 Å². The lowest BCUT2D eigenvalue weighted by Crippen LogP contribution is -2.11. The van der Waals surface area contributed by atoms with Crippen LogP contribution in [0.25, 0.3) is 0 Å². The van der Waals surface area contributed by atoms with E-state index in [4.69, 9.17) is 21.6 Å². The molecule has 4 nitrogen and oxygen atoms in total. The molecule has 1 aromatic carbocycles. The average molecular weight is 290 g/mol. The Morgan fingerprint density at radius 2 is 2.21 bits per heavy atom. The van der Waals surface area contributed by atoms with Crippen LogP contribution in [0.1, 0.15) is 18.1 Å². The minimum Gasteiger partial charge on any atom is -0.466 e. The number of carbonyl (C=O) groups is 1. The second-order valence-corrected chi connectivity index (χ2v) is 3.82. The number of hydrogen-bond donors (Lipinski definition) is 0. The number of ether oxygens (including phenoxy) is 2. The zero-order chi connectivity index (χ0) is 14.4. The van der Waals surface area contributed by atoms with Crippen molar-refractivity contribution in [2.75, 3.05) is 6.61 Å². The van der Waals surface area contributed by atoms with Crippen molar-refractivity contribution in [2.24, 2.45) is 0 Å². The molecule has 0 spiro atoms. The third-order valence-electron chi connectivity index (χ3n) is 2.13. The van der Waals surface area contributed by atoms with Crippen molar-refractivity contribution in [3.05, 3.63) is 28.3 Å². The average Bonchev–Trinajstić information content (AvgIpc) is 2.32. The van der Waals surface area contributed by atoms with Gasteiger partial charge in [-0.3, -0.25) is 4.79 Å². The van der Waals surface area contributed by atoms with Gasteiger partial charge in [-0.2, -0.15) is 14.0 Å². The molecule has 0 aromatic heterocycles. The molecular formula is C12H10ClF2NO3. The molecule has 0 saturated heterocycles. The van der Waals surface area contributed by atoms with E-state index in [1.54, 1.807) is 13.0 Å². The lowest BCUT2D eigenvalue weighted by Gasteiger charge is -2.11. The summed E-state index contributed by atoms with van der Waals surface area (Å²) in [7, 11) is 0. The first-order chi connectivity index (χ1) is 8.97. The molecule has 0 heterocycles. The van der Waals surface area contributed by atoms with Crippen molar-refractivity contribution < 1.29 is 23.0 Å². The fourth-order valence-electron chi connectivity index (χ4n) is 1.40. The number of nitriles is 1. The summed E-state index contributed by atoms with van der Waals surface area (Å²) in [5.41, 5.74) is 0.197. The summed E-state index contributed by atoms with van der Waals surface area (Å²) >= 11 is 5.72. The highest BCUT2D eigenvalue weighted by Crippen LogP contribution is 2.29. The minimum atomic E-state index is -3.05. The van der Waals surface area contributed by atoms with Crippen LogP contribution in [-0.2, 0) is 16.0 Å². The number of nitrogens with zero attached hydrogens (tertiary/aromatic N) is 1. The fourth-order valence-corrected chi connectivity index (χ4v) is 1.59. The molecule has 0 radical (unpaired) electrons. The SMILES string of the molecule is CCOC(=O)Cc1cc(C#N)c(Cl)cc1OC(F)F. The van der Waals surface area contributed by atoms with E-state index in [2.05, 4.69) is 4.74 Å². The van der Waals surface area contributed by atoms with Crippen molar-refractivity contribution in [2.45, 2.75) is 20.0 Å². The van der Waals surface area contributed by atoms with Crippen LogP contribution < -0.4 is 4.74 Å². The van der Waals surface area contributed by atoms with E-state index < -0.39 is 12.6 Å². The number of halogens is 3. The van der Waals surface area contributed by atoms with E-state index in [9.17, 15) is 13.6 Å². The van der Waals surface area contributed by atoms with E-state index in [0.717, 1.165) is 6.07 Å². The van der Waals surface area contributed by atoms with Crippen molar-refractivity contribution in [1.82, 2.24) is 0 Å². The number of rotatable bonds is 5. The van der Waals surface area contributed by atoms with Crippen LogP contribution in [0.3, 0.4) is 0 Å². The first-order valence-corrected chi connectivity index (χ1v) is 5.68. The Hall–Kier alpha value is -1.87. The van der Waals surface area contributed by atoms with Crippen molar-refractivity contribution in [3.63, 3.8) is 0 Å². The summed E-state index contributed by atoms with van der Waals surface area (Å²) in [5.74, 6) is -0.847. The quantitative estimate of drug-likeness (QED) is 0.782. The zero-order valence-corrected chi connectivity index (χ0v) is 10.7. The summed E-state index contributed by atoms with van der Waals surface area (Å²) in [6.45, 7) is -1.26. The van der Waals surface area contributed by atoms with Gasteiger partial charge in [0, 0.05) is 11.6 Å². The maximum atomic E-state index is 12.3. The smallest absolute Gasteiger partial charge is 0.387 e. The third-order valence-corrected chi connectivity index (χ3v) is 2.44. The third kappa shape index (κ3) is 4.38. The number of alkyl halides is 2. The molecule has 1 aromatic rings. The van der Waals surface area contributed by atoms with Crippen LogP contribution in [0.15, 0.2) is 12.1 Å².